The first-order chi connectivity index (χ1) is 12.0. The van der Waals surface area contributed by atoms with Gasteiger partial charge in [0.2, 0.25) is 0 Å². The number of ether oxygens (including phenoxy) is 1. The van der Waals surface area contributed by atoms with Crippen molar-refractivity contribution in [3.05, 3.63) is 60.2 Å². The molecule has 2 rings (SSSR count). The average Bonchev–Trinajstić information content (AvgIpc) is 2.65. The largest absolute Gasteiger partial charge is 0.497 e. The van der Waals surface area contributed by atoms with Crippen molar-refractivity contribution in [1.29, 1.82) is 0 Å². The second-order valence-electron chi connectivity index (χ2n) is 5.31. The van der Waals surface area contributed by atoms with E-state index < -0.39 is 21.1 Å². The number of carbonyl (C=O) groups excluding carboxylic acids is 1. The summed E-state index contributed by atoms with van der Waals surface area (Å²) >= 11 is 0. The van der Waals surface area contributed by atoms with E-state index in [9.17, 15) is 13.2 Å². The fourth-order valence-electron chi connectivity index (χ4n) is 2.30. The molecule has 7 nitrogen and oxygen atoms in total. The van der Waals surface area contributed by atoms with Crippen molar-refractivity contribution in [1.82, 2.24) is 10.8 Å². The van der Waals surface area contributed by atoms with Gasteiger partial charge in [0.15, 0.2) is 9.84 Å². The lowest BCUT2D eigenvalue weighted by molar-refractivity contribution is -0.128. The minimum atomic E-state index is -3.76. The van der Waals surface area contributed by atoms with Crippen LogP contribution in [0.3, 0.4) is 0 Å². The lowest BCUT2D eigenvalue weighted by Gasteiger charge is -2.19. The Morgan fingerprint density at radius 2 is 1.76 bits per heavy atom. The van der Waals surface area contributed by atoms with Gasteiger partial charge < -0.3 is 4.74 Å². The van der Waals surface area contributed by atoms with Crippen LogP contribution in [0.25, 0.3) is 0 Å². The molecule has 0 radical (unpaired) electrons. The third-order valence-corrected chi connectivity index (χ3v) is 5.65. The van der Waals surface area contributed by atoms with Crippen molar-refractivity contribution in [3.8, 4) is 5.75 Å². The van der Waals surface area contributed by atoms with Gasteiger partial charge in [-0.1, -0.05) is 30.3 Å². The first-order valence-electron chi connectivity index (χ1n) is 7.55. The molecule has 0 aliphatic carbocycles. The summed E-state index contributed by atoms with van der Waals surface area (Å²) in [5, 5.41) is 10.3. The summed E-state index contributed by atoms with van der Waals surface area (Å²) in [7, 11) is -2.26. The highest BCUT2D eigenvalue weighted by Gasteiger charge is 2.28. The molecular formula is C17H20N2O5S. The fraction of sp³-hybridized carbons (Fsp3) is 0.235. The zero-order chi connectivity index (χ0) is 18.3. The molecule has 1 unspecified atom stereocenters. The minimum Gasteiger partial charge on any atom is -0.497 e. The number of hydroxylamine groups is 1. The molecule has 0 aliphatic rings. The van der Waals surface area contributed by atoms with Crippen molar-refractivity contribution in [2.75, 3.05) is 13.7 Å². The van der Waals surface area contributed by atoms with E-state index in [0.29, 0.717) is 5.75 Å². The van der Waals surface area contributed by atoms with Gasteiger partial charge in [0.1, 0.15) is 11.1 Å². The summed E-state index contributed by atoms with van der Waals surface area (Å²) in [6.45, 7) is -0.330. The summed E-state index contributed by atoms with van der Waals surface area (Å²) in [5.41, 5.74) is 2.28. The summed E-state index contributed by atoms with van der Waals surface area (Å²) in [5.74, 6) is -0.172. The van der Waals surface area contributed by atoms with Gasteiger partial charge in [-0.25, -0.2) is 13.9 Å². The first kappa shape index (κ1) is 18.9. The highest BCUT2D eigenvalue weighted by Crippen LogP contribution is 2.21. The second-order valence-corrected chi connectivity index (χ2v) is 7.45. The van der Waals surface area contributed by atoms with Crippen molar-refractivity contribution >= 4 is 15.7 Å². The van der Waals surface area contributed by atoms with Crippen LogP contribution in [0.5, 0.6) is 5.75 Å². The van der Waals surface area contributed by atoms with Crippen LogP contribution >= 0.6 is 0 Å². The fourth-order valence-corrected chi connectivity index (χ4v) is 3.85. The van der Waals surface area contributed by atoms with Crippen molar-refractivity contribution in [2.24, 2.45) is 0 Å². The van der Waals surface area contributed by atoms with Gasteiger partial charge in [-0.3, -0.25) is 15.3 Å². The second kappa shape index (κ2) is 8.61. The number of nitrogens with one attached hydrogen (secondary N) is 2. The van der Waals surface area contributed by atoms with E-state index in [2.05, 4.69) is 5.32 Å². The van der Waals surface area contributed by atoms with Crippen LogP contribution in [0, 0.1) is 0 Å². The third kappa shape index (κ3) is 5.02. The zero-order valence-corrected chi connectivity index (χ0v) is 14.5. The molecule has 2 aromatic rings. The van der Waals surface area contributed by atoms with Crippen LogP contribution < -0.4 is 15.5 Å². The van der Waals surface area contributed by atoms with E-state index >= 15 is 0 Å². The molecule has 8 heteroatoms. The molecule has 0 aromatic heterocycles. The molecule has 0 saturated carbocycles. The molecule has 0 bridgehead atoms. The number of hydrogen-bond acceptors (Lipinski definition) is 6. The summed E-state index contributed by atoms with van der Waals surface area (Å²) in [4.78, 5) is 11.4. The van der Waals surface area contributed by atoms with Crippen LogP contribution in [-0.2, 0) is 21.1 Å². The Labute approximate surface area is 146 Å². The van der Waals surface area contributed by atoms with Gasteiger partial charge >= 0.3 is 0 Å². The monoisotopic (exact) mass is 364 g/mol. The van der Waals surface area contributed by atoms with Gasteiger partial charge in [-0.15, -0.1) is 0 Å². The Balaban J connectivity index is 2.28. The van der Waals surface area contributed by atoms with Gasteiger partial charge in [-0.2, -0.15) is 0 Å². The first-order valence-corrected chi connectivity index (χ1v) is 9.10. The van der Waals surface area contributed by atoms with Gasteiger partial charge in [0, 0.05) is 6.42 Å². The maximum atomic E-state index is 12.9. The molecule has 1 atom stereocenters. The van der Waals surface area contributed by atoms with E-state index in [1.165, 1.54) is 24.7 Å². The Morgan fingerprint density at radius 3 is 2.32 bits per heavy atom. The van der Waals surface area contributed by atoms with Crippen LogP contribution in [-0.4, -0.2) is 38.6 Å². The number of sulfone groups is 1. The van der Waals surface area contributed by atoms with Crippen molar-refractivity contribution in [3.63, 3.8) is 0 Å². The minimum absolute atomic E-state index is 0.117. The zero-order valence-electron chi connectivity index (χ0n) is 13.7. The quantitative estimate of drug-likeness (QED) is 0.479. The van der Waals surface area contributed by atoms with Crippen LogP contribution in [0.1, 0.15) is 5.56 Å². The van der Waals surface area contributed by atoms with Crippen molar-refractivity contribution < 1.29 is 23.2 Å². The van der Waals surface area contributed by atoms with E-state index in [4.69, 9.17) is 9.94 Å². The number of hydrogen-bond donors (Lipinski definition) is 3. The predicted molar refractivity (Wildman–Crippen MR) is 92.0 cm³/mol. The maximum absolute atomic E-state index is 12.9. The number of rotatable bonds is 8. The van der Waals surface area contributed by atoms with Gasteiger partial charge in [-0.05, 0) is 29.8 Å². The molecular weight excluding hydrogens is 344 g/mol. The maximum Gasteiger partial charge on any atom is 0.257 e. The van der Waals surface area contributed by atoms with E-state index in [1.54, 1.807) is 12.1 Å². The normalized spacial score (nSPS) is 12.4. The lowest BCUT2D eigenvalue weighted by Crippen LogP contribution is -2.43. The number of carbonyl (C=O) groups is 1. The predicted octanol–water partition coefficient (Wildman–Crippen LogP) is 1.13. The highest BCUT2D eigenvalue weighted by atomic mass is 32.2. The lowest BCUT2D eigenvalue weighted by atomic mass is 10.1. The Bertz CT molecular complexity index is 792. The van der Waals surface area contributed by atoms with Gasteiger partial charge in [0.05, 0.1) is 18.6 Å². The summed E-state index contributed by atoms with van der Waals surface area (Å²) < 4.78 is 30.9. The Kier molecular flexibility index (Phi) is 6.51. The molecule has 1 amide bonds. The molecule has 0 aliphatic heterocycles. The van der Waals surface area contributed by atoms with E-state index in [1.807, 2.05) is 30.3 Å². The number of amides is 1. The Hall–Kier alpha value is -2.42. The van der Waals surface area contributed by atoms with Crippen LogP contribution in [0.4, 0.5) is 0 Å². The molecule has 2 aromatic carbocycles. The van der Waals surface area contributed by atoms with E-state index in [-0.39, 0.29) is 17.9 Å². The molecule has 3 N–H and O–H groups in total. The SMILES string of the molecule is COc1ccc(S(=O)(=O)C(Cc2ccccc2)NCC(=O)NO)cc1. The molecule has 134 valence electrons. The molecule has 0 heterocycles. The molecule has 0 saturated heterocycles. The van der Waals surface area contributed by atoms with Crippen LogP contribution in [0.2, 0.25) is 0 Å². The third-order valence-electron chi connectivity index (χ3n) is 3.64. The summed E-state index contributed by atoms with van der Waals surface area (Å²) in [6.07, 6.45) is 0.175. The van der Waals surface area contributed by atoms with E-state index in [0.717, 1.165) is 5.56 Å². The summed E-state index contributed by atoms with van der Waals surface area (Å²) in [6, 6.07) is 15.1. The van der Waals surface area contributed by atoms with Crippen LogP contribution in [0.15, 0.2) is 59.5 Å². The standard InChI is InChI=1S/C17H20N2O5S/c1-24-14-7-9-15(10-8-14)25(22,23)17(18-12-16(20)19-21)11-13-5-3-2-4-6-13/h2-10,17-18,21H,11-12H2,1H3,(H,19,20). The highest BCUT2D eigenvalue weighted by molar-refractivity contribution is 7.92. The van der Waals surface area contributed by atoms with Crippen molar-refractivity contribution in [2.45, 2.75) is 16.7 Å². The number of benzene rings is 2. The smallest absolute Gasteiger partial charge is 0.257 e. The number of methoxy groups -OCH3 is 1. The molecule has 25 heavy (non-hydrogen) atoms. The average molecular weight is 364 g/mol. The topological polar surface area (TPSA) is 105 Å². The van der Waals surface area contributed by atoms with Gasteiger partial charge in [0.25, 0.3) is 5.91 Å². The Morgan fingerprint density at radius 1 is 1.12 bits per heavy atom. The molecule has 0 fully saturated rings. The molecule has 0 spiro atoms.